The third kappa shape index (κ3) is 1.09. The van der Waals surface area contributed by atoms with Gasteiger partial charge in [0, 0.05) is 18.8 Å². The van der Waals surface area contributed by atoms with Crippen molar-refractivity contribution in [2.45, 2.75) is 18.4 Å². The molecule has 1 aromatic heterocycles. The second-order valence-electron chi connectivity index (χ2n) is 3.94. The van der Waals surface area contributed by atoms with Crippen molar-refractivity contribution in [2.75, 3.05) is 6.54 Å². The van der Waals surface area contributed by atoms with Crippen molar-refractivity contribution in [1.82, 2.24) is 10.3 Å². The Morgan fingerprint density at radius 1 is 1.46 bits per heavy atom. The molecule has 0 aromatic carbocycles. The molecule has 0 unspecified atom stereocenters. The Bertz CT molecular complexity index is 322. The molecule has 2 fully saturated rings. The lowest BCUT2D eigenvalue weighted by molar-refractivity contribution is 0.0749. The molecule has 1 aliphatic carbocycles. The highest BCUT2D eigenvalue weighted by Crippen LogP contribution is 2.46. The number of fused-ring (bicyclic) bond motifs is 1. The number of halogens is 1. The zero-order valence-corrected chi connectivity index (χ0v) is 7.96. The summed E-state index contributed by atoms with van der Waals surface area (Å²) >= 11 is 5.73. The van der Waals surface area contributed by atoms with E-state index < -0.39 is 0 Å². The number of aromatic nitrogens is 1. The predicted molar refractivity (Wildman–Crippen MR) is 51.9 cm³/mol. The van der Waals surface area contributed by atoms with Gasteiger partial charge in [0.25, 0.3) is 0 Å². The summed E-state index contributed by atoms with van der Waals surface area (Å²) in [7, 11) is 0. The Balaban J connectivity index is 1.81. The monoisotopic (exact) mass is 194 g/mol. The van der Waals surface area contributed by atoms with Gasteiger partial charge in [-0.05, 0) is 29.9 Å². The van der Waals surface area contributed by atoms with Gasteiger partial charge in [-0.3, -0.25) is 0 Å². The molecular weight excluding hydrogens is 184 g/mol. The van der Waals surface area contributed by atoms with Crippen LogP contribution in [0.3, 0.4) is 0 Å². The minimum absolute atomic E-state index is 0.589. The van der Waals surface area contributed by atoms with E-state index in [0.717, 1.165) is 17.9 Å². The fraction of sp³-hybridized carbons (Fsp3) is 0.500. The topological polar surface area (TPSA) is 24.9 Å². The molecule has 2 heterocycles. The molecule has 2 aliphatic rings. The van der Waals surface area contributed by atoms with Gasteiger partial charge in [-0.25, -0.2) is 4.98 Å². The molecule has 0 amide bonds. The normalized spacial score (nSPS) is 35.9. The first-order valence-corrected chi connectivity index (χ1v) is 5.07. The second kappa shape index (κ2) is 2.69. The van der Waals surface area contributed by atoms with Crippen LogP contribution in [0.15, 0.2) is 18.3 Å². The van der Waals surface area contributed by atoms with Crippen molar-refractivity contribution in [3.8, 4) is 0 Å². The third-order valence-electron chi connectivity index (χ3n) is 3.34. The molecule has 1 N–H and O–H groups in total. The highest BCUT2D eigenvalue weighted by atomic mass is 35.5. The molecule has 68 valence electrons. The van der Waals surface area contributed by atoms with E-state index in [1.807, 2.05) is 12.3 Å². The van der Waals surface area contributed by atoms with Gasteiger partial charge in [0.1, 0.15) is 5.15 Å². The Morgan fingerprint density at radius 3 is 2.85 bits per heavy atom. The Hall–Kier alpha value is -0.600. The van der Waals surface area contributed by atoms with E-state index in [4.69, 9.17) is 11.6 Å². The lowest BCUT2D eigenvalue weighted by atomic mass is 9.62. The van der Waals surface area contributed by atoms with Crippen molar-refractivity contribution in [3.05, 3.63) is 29.0 Å². The number of nitrogens with zero attached hydrogens (tertiary/aromatic N) is 1. The largest absolute Gasteiger partial charge is 0.313 e. The smallest absolute Gasteiger partial charge is 0.129 e. The summed E-state index contributed by atoms with van der Waals surface area (Å²) in [6.07, 6.45) is 3.19. The van der Waals surface area contributed by atoms with Crippen LogP contribution in [0, 0.1) is 5.92 Å². The fourth-order valence-electron chi connectivity index (χ4n) is 2.34. The lowest BCUT2D eigenvalue weighted by Crippen LogP contribution is -2.63. The Labute approximate surface area is 82.3 Å². The van der Waals surface area contributed by atoms with Gasteiger partial charge in [-0.15, -0.1) is 0 Å². The van der Waals surface area contributed by atoms with E-state index >= 15 is 0 Å². The number of hydrogen-bond acceptors (Lipinski definition) is 2. The molecule has 13 heavy (non-hydrogen) atoms. The molecular formula is C10H11ClN2. The highest BCUT2D eigenvalue weighted by molar-refractivity contribution is 6.29. The van der Waals surface area contributed by atoms with Crippen LogP contribution >= 0.6 is 11.6 Å². The van der Waals surface area contributed by atoms with Gasteiger partial charge in [-0.2, -0.15) is 0 Å². The quantitative estimate of drug-likeness (QED) is 0.690. The van der Waals surface area contributed by atoms with Crippen molar-refractivity contribution in [2.24, 2.45) is 5.92 Å². The Morgan fingerprint density at radius 2 is 2.38 bits per heavy atom. The number of hydrogen-bond donors (Lipinski definition) is 1. The number of nitrogens with one attached hydrogen (secondary N) is 1. The molecule has 0 bridgehead atoms. The molecule has 0 radical (unpaired) electrons. The minimum Gasteiger partial charge on any atom is -0.313 e. The van der Waals surface area contributed by atoms with Crippen molar-refractivity contribution in [3.63, 3.8) is 0 Å². The van der Waals surface area contributed by atoms with E-state index in [2.05, 4.69) is 16.4 Å². The standard InChI is InChI=1S/C10H11ClN2/c11-10-2-1-6(4-13-10)7-3-9-8(7)5-12-9/h1-2,4,7-9,12H,3,5H2/t7-,8+,9-/m0/s1. The van der Waals surface area contributed by atoms with Crippen LogP contribution in [0.4, 0.5) is 0 Å². The van der Waals surface area contributed by atoms with E-state index in [1.54, 1.807) is 0 Å². The summed E-state index contributed by atoms with van der Waals surface area (Å²) in [6.45, 7) is 1.18. The summed E-state index contributed by atoms with van der Waals surface area (Å²) in [5.41, 5.74) is 1.35. The summed E-state index contributed by atoms with van der Waals surface area (Å²) in [5.74, 6) is 1.60. The second-order valence-corrected chi connectivity index (χ2v) is 4.32. The van der Waals surface area contributed by atoms with Crippen molar-refractivity contribution >= 4 is 11.6 Å². The van der Waals surface area contributed by atoms with Crippen LogP contribution in [0.2, 0.25) is 5.15 Å². The summed E-state index contributed by atoms with van der Waals surface area (Å²) < 4.78 is 0. The maximum Gasteiger partial charge on any atom is 0.129 e. The average Bonchev–Trinajstić information content (AvgIpc) is 2.12. The van der Waals surface area contributed by atoms with E-state index in [0.29, 0.717) is 5.15 Å². The zero-order valence-electron chi connectivity index (χ0n) is 7.20. The molecule has 1 saturated heterocycles. The first-order chi connectivity index (χ1) is 6.34. The SMILES string of the molecule is Clc1ccc([C@@H]2C[C@@H]3NC[C@@H]32)cn1. The molecule has 2 nitrogen and oxygen atoms in total. The third-order valence-corrected chi connectivity index (χ3v) is 3.56. The van der Waals surface area contributed by atoms with Crippen LogP contribution in [0.25, 0.3) is 0 Å². The van der Waals surface area contributed by atoms with Gasteiger partial charge in [0.15, 0.2) is 0 Å². The molecule has 3 atom stereocenters. The summed E-state index contributed by atoms with van der Waals surface area (Å²) in [5, 5.41) is 4.00. The highest BCUT2D eigenvalue weighted by Gasteiger charge is 2.47. The molecule has 0 spiro atoms. The molecule has 3 rings (SSSR count). The molecule has 1 saturated carbocycles. The molecule has 1 aliphatic heterocycles. The van der Waals surface area contributed by atoms with Crippen molar-refractivity contribution < 1.29 is 0 Å². The van der Waals surface area contributed by atoms with Gasteiger partial charge < -0.3 is 5.32 Å². The maximum absolute atomic E-state index is 5.73. The van der Waals surface area contributed by atoms with Crippen LogP contribution < -0.4 is 5.32 Å². The number of rotatable bonds is 1. The predicted octanol–water partition coefficient (Wildman–Crippen LogP) is 1.81. The number of pyridine rings is 1. The fourth-order valence-corrected chi connectivity index (χ4v) is 2.46. The Kier molecular flexibility index (Phi) is 1.61. The van der Waals surface area contributed by atoms with E-state index in [-0.39, 0.29) is 0 Å². The van der Waals surface area contributed by atoms with Gasteiger partial charge in [-0.1, -0.05) is 17.7 Å². The zero-order chi connectivity index (χ0) is 8.84. The van der Waals surface area contributed by atoms with Gasteiger partial charge in [0.05, 0.1) is 0 Å². The average molecular weight is 195 g/mol. The molecule has 3 heteroatoms. The van der Waals surface area contributed by atoms with Gasteiger partial charge >= 0.3 is 0 Å². The van der Waals surface area contributed by atoms with Crippen LogP contribution in [0.5, 0.6) is 0 Å². The lowest BCUT2D eigenvalue weighted by Gasteiger charge is -2.54. The summed E-state index contributed by atoms with van der Waals surface area (Å²) in [4.78, 5) is 4.11. The summed E-state index contributed by atoms with van der Waals surface area (Å²) in [6, 6.07) is 4.78. The van der Waals surface area contributed by atoms with Crippen molar-refractivity contribution in [1.29, 1.82) is 0 Å². The van der Waals surface area contributed by atoms with Gasteiger partial charge in [0.2, 0.25) is 0 Å². The maximum atomic E-state index is 5.73. The first kappa shape index (κ1) is 7.77. The van der Waals surface area contributed by atoms with E-state index in [9.17, 15) is 0 Å². The first-order valence-electron chi connectivity index (χ1n) is 4.69. The van der Waals surface area contributed by atoms with E-state index in [1.165, 1.54) is 18.5 Å². The minimum atomic E-state index is 0.589. The van der Waals surface area contributed by atoms with Crippen LogP contribution in [0.1, 0.15) is 17.9 Å². The van der Waals surface area contributed by atoms with Crippen LogP contribution in [-0.4, -0.2) is 17.6 Å². The molecule has 1 aromatic rings. The number of piperidine rings is 1. The van der Waals surface area contributed by atoms with Crippen LogP contribution in [-0.2, 0) is 0 Å².